The van der Waals surface area contributed by atoms with E-state index in [1.54, 1.807) is 38.1 Å². The van der Waals surface area contributed by atoms with Crippen LogP contribution in [0.5, 0.6) is 0 Å². The first kappa shape index (κ1) is 14.7. The van der Waals surface area contributed by atoms with Crippen molar-refractivity contribution in [2.45, 2.75) is 31.9 Å². The Morgan fingerprint density at radius 1 is 1.28 bits per heavy atom. The second-order valence-corrected chi connectivity index (χ2v) is 6.91. The van der Waals surface area contributed by atoms with E-state index in [0.29, 0.717) is 17.7 Å². The van der Waals surface area contributed by atoms with Gasteiger partial charge in [0.2, 0.25) is 10.0 Å². The number of benzene rings is 1. The van der Waals surface area contributed by atoms with Crippen molar-refractivity contribution in [2.24, 2.45) is 0 Å². The highest BCUT2D eigenvalue weighted by atomic mass is 32.2. The summed E-state index contributed by atoms with van der Waals surface area (Å²) in [5.41, 5.74) is 1.19. The lowest BCUT2D eigenvalue weighted by Crippen LogP contribution is -2.39. The summed E-state index contributed by atoms with van der Waals surface area (Å²) in [5.74, 6) is 0. The van der Waals surface area contributed by atoms with Crippen molar-refractivity contribution < 1.29 is 8.42 Å². The minimum absolute atomic E-state index is 0.433. The summed E-state index contributed by atoms with van der Waals surface area (Å²) >= 11 is 0. The lowest BCUT2D eigenvalue weighted by atomic mass is 10.0. The highest BCUT2D eigenvalue weighted by Gasteiger charge is 2.35. The van der Waals surface area contributed by atoms with E-state index in [9.17, 15) is 8.42 Å². The molecule has 4 nitrogen and oxygen atoms in total. The van der Waals surface area contributed by atoms with E-state index >= 15 is 0 Å². The Hall–Kier alpha value is -1.38. The van der Waals surface area contributed by atoms with E-state index in [1.165, 1.54) is 0 Å². The van der Waals surface area contributed by atoms with Gasteiger partial charge in [0.15, 0.2) is 0 Å². The Balaban J connectivity index is 3.08. The lowest BCUT2D eigenvalue weighted by molar-refractivity contribution is 0.539. The molecule has 1 N–H and O–H groups in total. The van der Waals surface area contributed by atoms with Crippen LogP contribution < -0.4 is 4.72 Å². The Morgan fingerprint density at radius 2 is 1.83 bits per heavy atom. The van der Waals surface area contributed by atoms with Gasteiger partial charge in [-0.2, -0.15) is 5.26 Å². The van der Waals surface area contributed by atoms with Crippen LogP contribution in [0.1, 0.15) is 38.3 Å². The van der Waals surface area contributed by atoms with Crippen LogP contribution in [-0.4, -0.2) is 15.0 Å². The van der Waals surface area contributed by atoms with Crippen LogP contribution in [0.4, 0.5) is 0 Å². The first-order valence-corrected chi connectivity index (χ1v) is 7.33. The van der Waals surface area contributed by atoms with Gasteiger partial charge in [-0.15, -0.1) is 0 Å². The standard InChI is InChI=1S/C13H18N2O2S/c1-4-9-15-18(16,17)13(2,3)12-7-5-11(10-14)6-8-12/h5-8,15H,4,9H2,1-3H3. The molecule has 1 aromatic carbocycles. The van der Waals surface area contributed by atoms with Gasteiger partial charge in [-0.05, 0) is 38.0 Å². The molecule has 18 heavy (non-hydrogen) atoms. The van der Waals surface area contributed by atoms with Gasteiger partial charge in [0.25, 0.3) is 0 Å². The third-order valence-electron chi connectivity index (χ3n) is 2.92. The molecule has 0 bridgehead atoms. The smallest absolute Gasteiger partial charge is 0.214 e. The van der Waals surface area contributed by atoms with Gasteiger partial charge in [-0.3, -0.25) is 0 Å². The Bertz CT molecular complexity index is 539. The summed E-state index contributed by atoms with van der Waals surface area (Å²) < 4.78 is 25.9. The third kappa shape index (κ3) is 2.89. The number of nitrogens with one attached hydrogen (secondary N) is 1. The van der Waals surface area contributed by atoms with Gasteiger partial charge in [-0.1, -0.05) is 19.1 Å². The maximum Gasteiger partial charge on any atom is 0.221 e. The number of nitrogens with zero attached hydrogens (tertiary/aromatic N) is 1. The van der Waals surface area contributed by atoms with E-state index < -0.39 is 14.8 Å². The second kappa shape index (κ2) is 5.51. The molecule has 0 spiro atoms. The molecule has 0 unspecified atom stereocenters. The summed E-state index contributed by atoms with van der Waals surface area (Å²) in [5, 5.41) is 8.73. The summed E-state index contributed by atoms with van der Waals surface area (Å²) in [6.45, 7) is 5.66. The summed E-state index contributed by atoms with van der Waals surface area (Å²) in [4.78, 5) is 0. The molecule has 5 heteroatoms. The van der Waals surface area contributed by atoms with Crippen molar-refractivity contribution >= 4 is 10.0 Å². The average Bonchev–Trinajstić information content (AvgIpc) is 2.36. The molecule has 0 amide bonds. The normalized spacial score (nSPS) is 12.1. The van der Waals surface area contributed by atoms with E-state index in [-0.39, 0.29) is 0 Å². The molecule has 98 valence electrons. The summed E-state index contributed by atoms with van der Waals surface area (Å²) in [6, 6.07) is 8.64. The molecule has 0 aliphatic heterocycles. The van der Waals surface area contributed by atoms with Gasteiger partial charge in [0.05, 0.1) is 11.6 Å². The monoisotopic (exact) mass is 266 g/mol. The van der Waals surface area contributed by atoms with Crippen LogP contribution in [-0.2, 0) is 14.8 Å². The van der Waals surface area contributed by atoms with Gasteiger partial charge >= 0.3 is 0 Å². The third-order valence-corrected chi connectivity index (χ3v) is 5.09. The second-order valence-electron chi connectivity index (χ2n) is 4.60. The molecule has 0 aromatic heterocycles. The van der Waals surface area contributed by atoms with Crippen molar-refractivity contribution in [2.75, 3.05) is 6.54 Å². The van der Waals surface area contributed by atoms with E-state index in [1.807, 2.05) is 13.0 Å². The first-order valence-electron chi connectivity index (χ1n) is 5.85. The molecule has 0 aliphatic carbocycles. The molecule has 0 radical (unpaired) electrons. The zero-order valence-corrected chi connectivity index (χ0v) is 11.7. The molecule has 1 aromatic rings. The Labute approximate surface area is 109 Å². The van der Waals surface area contributed by atoms with Gasteiger partial charge in [0, 0.05) is 6.54 Å². The quantitative estimate of drug-likeness (QED) is 0.887. The predicted octanol–water partition coefficient (Wildman–Crippen LogP) is 2.12. The van der Waals surface area contributed by atoms with E-state index in [0.717, 1.165) is 6.42 Å². The zero-order chi connectivity index (χ0) is 13.8. The average molecular weight is 266 g/mol. The number of rotatable bonds is 5. The van der Waals surface area contributed by atoms with E-state index in [2.05, 4.69) is 4.72 Å². The number of hydrogen-bond acceptors (Lipinski definition) is 3. The zero-order valence-electron chi connectivity index (χ0n) is 10.9. The summed E-state index contributed by atoms with van der Waals surface area (Å²) in [6.07, 6.45) is 0.753. The topological polar surface area (TPSA) is 70.0 Å². The molecular formula is C13H18N2O2S. The van der Waals surface area contributed by atoms with Gasteiger partial charge in [-0.25, -0.2) is 13.1 Å². The molecule has 1 rings (SSSR count). The minimum Gasteiger partial charge on any atom is -0.214 e. The fraction of sp³-hybridized carbons (Fsp3) is 0.462. The maximum absolute atomic E-state index is 12.2. The molecule has 0 saturated heterocycles. The van der Waals surface area contributed by atoms with Crippen molar-refractivity contribution in [3.63, 3.8) is 0 Å². The molecule has 0 saturated carbocycles. The SMILES string of the molecule is CCCNS(=O)(=O)C(C)(C)c1ccc(C#N)cc1. The Morgan fingerprint density at radius 3 is 2.28 bits per heavy atom. The summed E-state index contributed by atoms with van der Waals surface area (Å²) in [7, 11) is -3.43. The van der Waals surface area contributed by atoms with Crippen molar-refractivity contribution in [3.05, 3.63) is 35.4 Å². The van der Waals surface area contributed by atoms with Gasteiger partial charge in [0.1, 0.15) is 4.75 Å². The van der Waals surface area contributed by atoms with Crippen LogP contribution in [0.3, 0.4) is 0 Å². The van der Waals surface area contributed by atoms with Crippen LogP contribution in [0.2, 0.25) is 0 Å². The molecule has 0 atom stereocenters. The highest BCUT2D eigenvalue weighted by molar-refractivity contribution is 7.90. The van der Waals surface area contributed by atoms with Crippen LogP contribution in [0, 0.1) is 11.3 Å². The minimum atomic E-state index is -3.43. The first-order chi connectivity index (χ1) is 8.35. The van der Waals surface area contributed by atoms with Crippen molar-refractivity contribution in [1.82, 2.24) is 4.72 Å². The molecule has 0 heterocycles. The fourth-order valence-corrected chi connectivity index (χ4v) is 2.80. The molecular weight excluding hydrogens is 248 g/mol. The maximum atomic E-state index is 12.2. The predicted molar refractivity (Wildman–Crippen MR) is 71.4 cm³/mol. The largest absolute Gasteiger partial charge is 0.221 e. The van der Waals surface area contributed by atoms with E-state index in [4.69, 9.17) is 5.26 Å². The van der Waals surface area contributed by atoms with Crippen molar-refractivity contribution in [3.8, 4) is 6.07 Å². The Kier molecular flexibility index (Phi) is 4.49. The van der Waals surface area contributed by atoms with Gasteiger partial charge < -0.3 is 0 Å². The number of nitriles is 1. The number of sulfonamides is 1. The van der Waals surface area contributed by atoms with Crippen LogP contribution in [0.15, 0.2) is 24.3 Å². The van der Waals surface area contributed by atoms with Crippen LogP contribution >= 0.6 is 0 Å². The molecule has 0 fully saturated rings. The fourth-order valence-electron chi connectivity index (χ4n) is 1.52. The number of hydrogen-bond donors (Lipinski definition) is 1. The van der Waals surface area contributed by atoms with Crippen molar-refractivity contribution in [1.29, 1.82) is 5.26 Å². The highest BCUT2D eigenvalue weighted by Crippen LogP contribution is 2.28. The lowest BCUT2D eigenvalue weighted by Gasteiger charge is -2.25. The van der Waals surface area contributed by atoms with Crippen LogP contribution in [0.25, 0.3) is 0 Å². The molecule has 0 aliphatic rings.